The summed E-state index contributed by atoms with van der Waals surface area (Å²) in [5, 5.41) is 25.3. The number of nitrogens with zero attached hydrogens (tertiary/aromatic N) is 1. The number of halogens is 6. The first-order valence-corrected chi connectivity index (χ1v) is 14.7. The van der Waals surface area contributed by atoms with Crippen molar-refractivity contribution in [3.8, 4) is 0 Å². The van der Waals surface area contributed by atoms with Gasteiger partial charge in [-0.3, -0.25) is 20.3 Å². The summed E-state index contributed by atoms with van der Waals surface area (Å²) in [4.78, 5) is 46.9. The standard InChI is InChI=1S/C27H37N5O2.2C2HF3O2/c1-5-22(33)13-7-6-8-14-23(31-26(34)27(2,3)32-28-4)25-29-18-24(30-25)21-16-15-19-11-9-10-12-20(19)17-21;2*3-2(4,5)1(6)7/h9-12,15-18,23,28,32H,5-8,13-14H2,1-4H3,(H,29,30)(H,31,34);2*(H,6,7)/t23-;;/m0../s1. The third-order valence-corrected chi connectivity index (χ3v) is 6.80. The Morgan fingerprint density at radius 2 is 1.46 bits per heavy atom. The van der Waals surface area contributed by atoms with Crippen molar-refractivity contribution in [2.24, 2.45) is 4.99 Å². The zero-order chi connectivity index (χ0) is 36.7. The summed E-state index contributed by atoms with van der Waals surface area (Å²) in [5.74, 6) is -4.86. The number of ketones is 1. The molecule has 1 heterocycles. The van der Waals surface area contributed by atoms with Gasteiger partial charge < -0.3 is 25.1 Å². The highest BCUT2D eigenvalue weighted by atomic mass is 19.4. The summed E-state index contributed by atoms with van der Waals surface area (Å²) >= 11 is 0. The Hall–Kier alpha value is -4.35. The molecule has 0 aliphatic carbocycles. The molecule has 0 spiro atoms. The van der Waals surface area contributed by atoms with Crippen LogP contribution in [0.5, 0.6) is 0 Å². The van der Waals surface area contributed by atoms with Crippen molar-refractivity contribution < 1.29 is 66.5 Å². The number of amidine groups is 1. The molecule has 48 heavy (non-hydrogen) atoms. The smallest absolute Gasteiger partial charge is 0.430 e. The molecule has 266 valence electrons. The van der Waals surface area contributed by atoms with Gasteiger partial charge in [0.05, 0.1) is 6.20 Å². The Morgan fingerprint density at radius 3 is 1.98 bits per heavy atom. The van der Waals surface area contributed by atoms with E-state index in [0.717, 1.165) is 42.8 Å². The number of carboxylic acid groups (broad SMARTS) is 2. The topological polar surface area (TPSA) is 184 Å². The number of alkyl halides is 6. The van der Waals surface area contributed by atoms with Gasteiger partial charge in [-0.05, 0) is 35.7 Å². The number of aliphatic imine (C=N–C) groups is 1. The van der Waals surface area contributed by atoms with Gasteiger partial charge in [0, 0.05) is 39.3 Å². The quantitative estimate of drug-likeness (QED) is 0.103. The third-order valence-electron chi connectivity index (χ3n) is 6.80. The SMILES string of the molecule is CCC(=O)CCCCC[C@H](NC(=O)C(C)(C)[NH2+]NC)C1=NC=C(c2ccc3ccccc3c2)[NH2+]1.O=C([O-])C(F)(F)F.O=C([O-])C(F)(F)F. The maximum absolute atomic E-state index is 13.0. The van der Waals surface area contributed by atoms with E-state index in [9.17, 15) is 35.9 Å². The monoisotopic (exact) mass is 691 g/mol. The largest absolute Gasteiger partial charge is 0.542 e. The molecule has 3 rings (SSSR count). The number of hydrogen-bond donors (Lipinski definition) is 4. The number of quaternary nitrogens is 2. The number of nitrogens with two attached hydrogens (primary N) is 2. The average Bonchev–Trinajstić information content (AvgIpc) is 3.50. The number of unbranched alkanes of at least 4 members (excludes halogenated alkanes) is 2. The van der Waals surface area contributed by atoms with Crippen LogP contribution < -0.4 is 31.7 Å². The third kappa shape index (κ3) is 14.6. The van der Waals surface area contributed by atoms with Crippen molar-refractivity contribution in [2.75, 3.05) is 7.05 Å². The minimum absolute atomic E-state index is 0.0386. The van der Waals surface area contributed by atoms with Crippen LogP contribution in [0.2, 0.25) is 0 Å². The molecule has 6 N–H and O–H groups in total. The molecule has 0 unspecified atom stereocenters. The minimum Gasteiger partial charge on any atom is -0.542 e. The highest BCUT2D eigenvalue weighted by Crippen LogP contribution is 2.20. The Morgan fingerprint density at radius 1 is 0.896 bits per heavy atom. The molecule has 0 aromatic heterocycles. The normalized spacial score (nSPS) is 13.6. The number of hydrogen-bond acceptors (Lipinski definition) is 8. The van der Waals surface area contributed by atoms with E-state index in [1.807, 2.05) is 39.1 Å². The summed E-state index contributed by atoms with van der Waals surface area (Å²) in [5.41, 5.74) is 6.31. The van der Waals surface area contributed by atoms with Gasteiger partial charge in [-0.25, -0.2) is 4.99 Å². The minimum atomic E-state index is -5.19. The summed E-state index contributed by atoms with van der Waals surface area (Å²) in [6.45, 7) is 5.70. The lowest BCUT2D eigenvalue weighted by molar-refractivity contribution is -0.754. The van der Waals surface area contributed by atoms with Gasteiger partial charge in [0.2, 0.25) is 5.84 Å². The number of nitrogens with one attached hydrogen (secondary N) is 2. The van der Waals surface area contributed by atoms with E-state index < -0.39 is 29.8 Å². The molecule has 1 aliphatic rings. The first-order valence-electron chi connectivity index (χ1n) is 14.7. The Bertz CT molecular complexity index is 1450. The highest BCUT2D eigenvalue weighted by Gasteiger charge is 2.36. The van der Waals surface area contributed by atoms with Crippen molar-refractivity contribution in [1.29, 1.82) is 0 Å². The van der Waals surface area contributed by atoms with E-state index in [1.54, 1.807) is 12.5 Å². The molecular weight excluding hydrogens is 652 g/mol. The zero-order valence-corrected chi connectivity index (χ0v) is 26.8. The van der Waals surface area contributed by atoms with Crippen LogP contribution >= 0.6 is 0 Å². The van der Waals surface area contributed by atoms with Crippen molar-refractivity contribution in [3.05, 3.63) is 54.2 Å². The number of rotatable bonds is 13. The predicted molar refractivity (Wildman–Crippen MR) is 159 cm³/mol. The average molecular weight is 692 g/mol. The van der Waals surface area contributed by atoms with Gasteiger partial charge in [-0.15, -0.1) is 0 Å². The second kappa shape index (κ2) is 18.8. The van der Waals surface area contributed by atoms with Crippen molar-refractivity contribution in [1.82, 2.24) is 10.7 Å². The number of aliphatic carboxylic acids is 2. The lowest BCUT2D eigenvalue weighted by Gasteiger charge is -2.24. The fraction of sp³-hybridized carbons (Fsp3) is 0.452. The summed E-state index contributed by atoms with van der Waals surface area (Å²) in [7, 11) is 1.80. The number of carbonyl (C=O) groups excluding carboxylic acids is 4. The number of carboxylic acids is 2. The second-order valence-electron chi connectivity index (χ2n) is 11.1. The fourth-order valence-electron chi connectivity index (χ4n) is 4.18. The lowest BCUT2D eigenvalue weighted by Crippen LogP contribution is -3.04. The van der Waals surface area contributed by atoms with E-state index in [1.165, 1.54) is 10.8 Å². The Balaban J connectivity index is 0.000000687. The molecule has 0 saturated heterocycles. The van der Waals surface area contributed by atoms with Crippen LogP contribution in [-0.2, 0) is 19.2 Å². The van der Waals surface area contributed by atoms with Gasteiger partial charge in [0.25, 0.3) is 5.91 Å². The van der Waals surface area contributed by atoms with Gasteiger partial charge in [-0.2, -0.15) is 31.8 Å². The number of benzene rings is 2. The molecule has 0 radical (unpaired) electrons. The second-order valence-corrected chi connectivity index (χ2v) is 11.1. The molecule has 0 saturated carbocycles. The van der Waals surface area contributed by atoms with E-state index in [2.05, 4.69) is 46.4 Å². The van der Waals surface area contributed by atoms with E-state index in [4.69, 9.17) is 24.8 Å². The molecule has 0 fully saturated rings. The van der Waals surface area contributed by atoms with E-state index >= 15 is 0 Å². The Labute approximate surface area is 272 Å². The van der Waals surface area contributed by atoms with Crippen molar-refractivity contribution in [2.45, 2.75) is 83.2 Å². The highest BCUT2D eigenvalue weighted by molar-refractivity contribution is 5.93. The van der Waals surface area contributed by atoms with Crippen LogP contribution in [0, 0.1) is 0 Å². The first kappa shape index (κ1) is 41.7. The van der Waals surface area contributed by atoms with E-state index in [-0.39, 0.29) is 11.9 Å². The lowest BCUT2D eigenvalue weighted by atomic mass is 10.0. The van der Waals surface area contributed by atoms with Crippen molar-refractivity contribution >= 4 is 45.9 Å². The summed E-state index contributed by atoms with van der Waals surface area (Å²) < 4.78 is 63.1. The van der Waals surface area contributed by atoms with Gasteiger partial charge >= 0.3 is 12.4 Å². The van der Waals surface area contributed by atoms with Crippen LogP contribution in [-0.4, -0.2) is 60.4 Å². The van der Waals surface area contributed by atoms with Gasteiger partial charge in [-0.1, -0.05) is 50.1 Å². The molecule has 1 amide bonds. The van der Waals surface area contributed by atoms with Crippen LogP contribution in [0.4, 0.5) is 26.3 Å². The molecule has 1 atom stereocenters. The molecule has 1 aliphatic heterocycles. The predicted octanol–water partition coefficient (Wildman–Crippen LogP) is 0.602. The van der Waals surface area contributed by atoms with Crippen molar-refractivity contribution in [3.63, 3.8) is 0 Å². The molecule has 11 nitrogen and oxygen atoms in total. The van der Waals surface area contributed by atoms with E-state index in [0.29, 0.717) is 18.6 Å². The molecule has 2 aromatic rings. The maximum atomic E-state index is 13.0. The van der Waals surface area contributed by atoms with Crippen LogP contribution in [0.15, 0.2) is 53.7 Å². The summed E-state index contributed by atoms with van der Waals surface area (Å²) in [6, 6.07) is 14.6. The fourth-order valence-corrected chi connectivity index (χ4v) is 4.18. The number of carbonyl (C=O) groups is 4. The van der Waals surface area contributed by atoms with Gasteiger partial charge in [0.15, 0.2) is 11.2 Å². The number of fused-ring (bicyclic) bond motifs is 1. The number of amides is 1. The van der Waals surface area contributed by atoms with Gasteiger partial charge in [0.1, 0.15) is 23.8 Å². The molecule has 17 heteroatoms. The summed E-state index contributed by atoms with van der Waals surface area (Å²) in [6.07, 6.45) is -3.69. The van der Waals surface area contributed by atoms with Crippen LogP contribution in [0.3, 0.4) is 0 Å². The van der Waals surface area contributed by atoms with Crippen LogP contribution in [0.1, 0.15) is 64.9 Å². The molecule has 0 bridgehead atoms. The first-order chi connectivity index (χ1) is 22.2. The molecule has 2 aromatic carbocycles. The molecular formula is C31H39F6N5O6. The number of Topliss-reactive ketones (excluding diaryl/α,β-unsaturated/α-hetero) is 1. The zero-order valence-electron chi connectivity index (χ0n) is 26.8. The van der Waals surface area contributed by atoms with Crippen LogP contribution in [0.25, 0.3) is 16.5 Å². The Kier molecular flexibility index (Phi) is 16.4. The maximum Gasteiger partial charge on any atom is 0.430 e.